The number of rotatable bonds is 4. The molecule has 0 saturated carbocycles. The highest BCUT2D eigenvalue weighted by atomic mass is 19.4. The molecule has 1 N–H and O–H groups in total. The molecule has 3 rings (SSSR count). The Morgan fingerprint density at radius 1 is 1.16 bits per heavy atom. The van der Waals surface area contributed by atoms with Gasteiger partial charge in [-0.1, -0.05) is 5.16 Å². The molecule has 0 radical (unpaired) electrons. The summed E-state index contributed by atoms with van der Waals surface area (Å²) in [6.45, 7) is -0.0715. The molecule has 0 aromatic carbocycles. The van der Waals surface area contributed by atoms with Crippen molar-refractivity contribution < 1.29 is 22.5 Å². The summed E-state index contributed by atoms with van der Waals surface area (Å²) >= 11 is 0. The Bertz CT molecular complexity index is 863. The predicted octanol–water partition coefficient (Wildman–Crippen LogP) is 2.48. The summed E-state index contributed by atoms with van der Waals surface area (Å²) in [6, 6.07) is 5.17. The number of hydrogen-bond donors (Lipinski definition) is 1. The van der Waals surface area contributed by atoms with E-state index >= 15 is 0 Å². The average molecular weight is 349 g/mol. The van der Waals surface area contributed by atoms with Crippen LogP contribution in [0.1, 0.15) is 21.9 Å². The monoisotopic (exact) mass is 349 g/mol. The zero-order valence-electron chi connectivity index (χ0n) is 12.5. The van der Waals surface area contributed by atoms with Crippen LogP contribution in [-0.2, 0) is 12.7 Å². The lowest BCUT2D eigenvalue weighted by Crippen LogP contribution is -2.23. The van der Waals surface area contributed by atoms with Gasteiger partial charge in [0, 0.05) is 24.2 Å². The van der Waals surface area contributed by atoms with Gasteiger partial charge in [0.05, 0.1) is 12.1 Å². The summed E-state index contributed by atoms with van der Waals surface area (Å²) < 4.78 is 42.3. The molecule has 0 aliphatic heterocycles. The van der Waals surface area contributed by atoms with E-state index in [0.29, 0.717) is 11.4 Å². The van der Waals surface area contributed by atoms with E-state index in [1.54, 1.807) is 24.5 Å². The maximum Gasteiger partial charge on any atom is 0.433 e. The summed E-state index contributed by atoms with van der Waals surface area (Å²) in [5.74, 6) is -0.118. The van der Waals surface area contributed by atoms with E-state index < -0.39 is 17.8 Å². The van der Waals surface area contributed by atoms with Crippen LogP contribution in [0.25, 0.3) is 11.4 Å². The van der Waals surface area contributed by atoms with Gasteiger partial charge in [-0.3, -0.25) is 14.8 Å². The van der Waals surface area contributed by atoms with Gasteiger partial charge in [0.15, 0.2) is 0 Å². The van der Waals surface area contributed by atoms with Crippen molar-refractivity contribution >= 4 is 5.91 Å². The number of aromatic nitrogens is 4. The van der Waals surface area contributed by atoms with Gasteiger partial charge in [-0.2, -0.15) is 18.2 Å². The number of halogens is 3. The summed E-state index contributed by atoms with van der Waals surface area (Å²) in [5, 5.41) is 6.24. The van der Waals surface area contributed by atoms with Gasteiger partial charge in [0.1, 0.15) is 5.69 Å². The first-order valence-corrected chi connectivity index (χ1v) is 6.98. The van der Waals surface area contributed by atoms with Crippen molar-refractivity contribution in [2.45, 2.75) is 12.7 Å². The minimum Gasteiger partial charge on any atom is -0.343 e. The van der Waals surface area contributed by atoms with Crippen molar-refractivity contribution in [2.75, 3.05) is 0 Å². The summed E-state index contributed by atoms with van der Waals surface area (Å²) in [4.78, 5) is 23.1. The standard InChI is InChI=1S/C15H10F3N5O2/c16-15(17,18)11-2-1-10(7-20-11)14(24)21-8-12-22-13(23-25-12)9-3-5-19-6-4-9/h1-7H,8H2,(H,21,24). The molecule has 0 aliphatic rings. The molecule has 7 nitrogen and oxygen atoms in total. The molecule has 0 bridgehead atoms. The maximum atomic E-state index is 12.4. The van der Waals surface area contributed by atoms with Crippen LogP contribution in [0.15, 0.2) is 47.4 Å². The van der Waals surface area contributed by atoms with Crippen LogP contribution < -0.4 is 5.32 Å². The average Bonchev–Trinajstić information content (AvgIpc) is 3.09. The number of hydrogen-bond acceptors (Lipinski definition) is 6. The molecule has 3 aromatic heterocycles. The number of alkyl halides is 3. The predicted molar refractivity (Wildman–Crippen MR) is 77.9 cm³/mol. The van der Waals surface area contributed by atoms with Crippen LogP contribution in [0.3, 0.4) is 0 Å². The minimum absolute atomic E-state index is 0.0122. The smallest absolute Gasteiger partial charge is 0.343 e. The van der Waals surface area contributed by atoms with Gasteiger partial charge in [-0.25, -0.2) is 0 Å². The fourth-order valence-electron chi connectivity index (χ4n) is 1.90. The summed E-state index contributed by atoms with van der Waals surface area (Å²) in [7, 11) is 0. The van der Waals surface area contributed by atoms with Crippen molar-refractivity contribution in [3.05, 3.63) is 60.0 Å². The minimum atomic E-state index is -4.55. The van der Waals surface area contributed by atoms with Crippen molar-refractivity contribution in [1.82, 2.24) is 25.4 Å². The molecule has 0 unspecified atom stereocenters. The Labute approximate surface area is 138 Å². The zero-order chi connectivity index (χ0) is 17.9. The highest BCUT2D eigenvalue weighted by molar-refractivity contribution is 5.93. The van der Waals surface area contributed by atoms with Crippen LogP contribution in [0.2, 0.25) is 0 Å². The zero-order valence-corrected chi connectivity index (χ0v) is 12.5. The molecule has 3 heterocycles. The van der Waals surface area contributed by atoms with Gasteiger partial charge in [-0.05, 0) is 24.3 Å². The Morgan fingerprint density at radius 2 is 1.92 bits per heavy atom. The second-order valence-corrected chi connectivity index (χ2v) is 4.86. The van der Waals surface area contributed by atoms with Crippen molar-refractivity contribution in [1.29, 1.82) is 0 Å². The van der Waals surface area contributed by atoms with Crippen LogP contribution >= 0.6 is 0 Å². The molecule has 10 heteroatoms. The molecular formula is C15H10F3N5O2. The molecule has 3 aromatic rings. The number of amides is 1. The van der Waals surface area contributed by atoms with Crippen molar-refractivity contribution in [3.8, 4) is 11.4 Å². The second kappa shape index (κ2) is 6.67. The lowest BCUT2D eigenvalue weighted by molar-refractivity contribution is -0.141. The number of pyridine rings is 2. The lowest BCUT2D eigenvalue weighted by atomic mass is 10.2. The lowest BCUT2D eigenvalue weighted by Gasteiger charge is -2.06. The molecule has 128 valence electrons. The topological polar surface area (TPSA) is 93.8 Å². The molecule has 0 fully saturated rings. The molecular weight excluding hydrogens is 339 g/mol. The summed E-state index contributed by atoms with van der Waals surface area (Å²) in [5.41, 5.74) is -0.381. The normalized spacial score (nSPS) is 11.3. The van der Waals surface area contributed by atoms with E-state index in [-0.39, 0.29) is 18.0 Å². The first kappa shape index (κ1) is 16.6. The van der Waals surface area contributed by atoms with E-state index in [4.69, 9.17) is 4.52 Å². The molecule has 0 spiro atoms. The first-order valence-electron chi connectivity index (χ1n) is 6.98. The molecule has 25 heavy (non-hydrogen) atoms. The fraction of sp³-hybridized carbons (Fsp3) is 0.133. The summed E-state index contributed by atoms with van der Waals surface area (Å²) in [6.07, 6.45) is -0.550. The molecule has 1 amide bonds. The van der Waals surface area contributed by atoms with Gasteiger partial charge in [0.2, 0.25) is 11.7 Å². The third-order valence-electron chi connectivity index (χ3n) is 3.12. The Hall–Kier alpha value is -3.30. The SMILES string of the molecule is O=C(NCc1nc(-c2ccncc2)no1)c1ccc(C(F)(F)F)nc1. The Morgan fingerprint density at radius 3 is 2.56 bits per heavy atom. The van der Waals surface area contributed by atoms with Gasteiger partial charge < -0.3 is 9.84 Å². The fourth-order valence-corrected chi connectivity index (χ4v) is 1.90. The van der Waals surface area contributed by atoms with Gasteiger partial charge in [-0.15, -0.1) is 0 Å². The largest absolute Gasteiger partial charge is 0.433 e. The first-order chi connectivity index (χ1) is 11.9. The highest BCUT2D eigenvalue weighted by Crippen LogP contribution is 2.27. The van der Waals surface area contributed by atoms with Crippen LogP contribution in [-0.4, -0.2) is 26.0 Å². The Kier molecular flexibility index (Phi) is 4.42. The van der Waals surface area contributed by atoms with Crippen LogP contribution in [0.5, 0.6) is 0 Å². The number of nitrogens with zero attached hydrogens (tertiary/aromatic N) is 4. The van der Waals surface area contributed by atoms with Gasteiger partial charge >= 0.3 is 6.18 Å². The van der Waals surface area contributed by atoms with E-state index in [1.165, 1.54) is 0 Å². The van der Waals surface area contributed by atoms with Crippen LogP contribution in [0, 0.1) is 0 Å². The third kappa shape index (κ3) is 3.97. The maximum absolute atomic E-state index is 12.4. The van der Waals surface area contributed by atoms with E-state index in [1.807, 2.05) is 0 Å². The highest BCUT2D eigenvalue weighted by Gasteiger charge is 2.32. The molecule has 0 saturated heterocycles. The van der Waals surface area contributed by atoms with Crippen molar-refractivity contribution in [2.24, 2.45) is 0 Å². The Balaban J connectivity index is 1.62. The van der Waals surface area contributed by atoms with E-state index in [9.17, 15) is 18.0 Å². The van der Waals surface area contributed by atoms with Crippen LogP contribution in [0.4, 0.5) is 13.2 Å². The second-order valence-electron chi connectivity index (χ2n) is 4.86. The third-order valence-corrected chi connectivity index (χ3v) is 3.12. The number of nitrogens with one attached hydrogen (secondary N) is 1. The van der Waals surface area contributed by atoms with Gasteiger partial charge in [0.25, 0.3) is 5.91 Å². The van der Waals surface area contributed by atoms with E-state index in [2.05, 4.69) is 25.4 Å². The molecule has 0 atom stereocenters. The van der Waals surface area contributed by atoms with Crippen molar-refractivity contribution in [3.63, 3.8) is 0 Å². The number of carbonyl (C=O) groups is 1. The number of carbonyl (C=O) groups excluding carboxylic acids is 1. The molecule has 0 aliphatic carbocycles. The quantitative estimate of drug-likeness (QED) is 0.778. The van der Waals surface area contributed by atoms with E-state index in [0.717, 1.165) is 18.3 Å².